The molecule has 0 spiro atoms. The molecule has 2 rings (SSSR count). The van der Waals surface area contributed by atoms with Crippen LogP contribution in [0.3, 0.4) is 0 Å². The fourth-order valence-electron chi connectivity index (χ4n) is 3.97. The minimum absolute atomic E-state index is 0.0428. The van der Waals surface area contributed by atoms with E-state index in [-0.39, 0.29) is 55.0 Å². The van der Waals surface area contributed by atoms with E-state index in [0.717, 1.165) is 0 Å². The topological polar surface area (TPSA) is 121 Å². The van der Waals surface area contributed by atoms with Gasteiger partial charge in [0.25, 0.3) is 5.91 Å². The number of benzene rings is 1. The molecule has 0 aliphatic carbocycles. The molecule has 0 aliphatic rings. The van der Waals surface area contributed by atoms with Crippen LogP contribution in [0.25, 0.3) is 11.3 Å². The van der Waals surface area contributed by atoms with E-state index in [1.165, 1.54) is 0 Å². The lowest BCUT2D eigenvalue weighted by Gasteiger charge is -2.21. The lowest BCUT2D eigenvalue weighted by Crippen LogP contribution is -2.48. The van der Waals surface area contributed by atoms with Gasteiger partial charge in [0.1, 0.15) is 17.5 Å². The van der Waals surface area contributed by atoms with Crippen LogP contribution in [0.4, 0.5) is 0 Å². The first-order chi connectivity index (χ1) is 18.0. The number of nitrogens with zero attached hydrogens (tertiary/aromatic N) is 2. The van der Waals surface area contributed by atoms with Crippen molar-refractivity contribution in [3.8, 4) is 22.8 Å². The van der Waals surface area contributed by atoms with Gasteiger partial charge in [0.2, 0.25) is 5.91 Å². The highest BCUT2D eigenvalue weighted by molar-refractivity contribution is 5.97. The summed E-state index contributed by atoms with van der Waals surface area (Å²) in [7, 11) is 3.16. The predicted octanol–water partition coefficient (Wildman–Crippen LogP) is 4.00. The predicted molar refractivity (Wildman–Crippen MR) is 145 cm³/mol. The Morgan fingerprint density at radius 2 is 1.66 bits per heavy atom. The third-order valence-electron chi connectivity index (χ3n) is 6.27. The molecule has 0 fully saturated rings. The van der Waals surface area contributed by atoms with Gasteiger partial charge in [0.15, 0.2) is 5.69 Å². The van der Waals surface area contributed by atoms with Crippen LogP contribution in [0.15, 0.2) is 24.3 Å². The van der Waals surface area contributed by atoms with Gasteiger partial charge < -0.3 is 24.8 Å². The van der Waals surface area contributed by atoms with Gasteiger partial charge in [-0.3, -0.25) is 19.1 Å². The average Bonchev–Trinajstić information content (AvgIpc) is 3.32. The number of hydrogen-bond donors (Lipinski definition) is 2. The Hall–Kier alpha value is -3.56. The van der Waals surface area contributed by atoms with E-state index >= 15 is 0 Å². The number of carbonyl (C=O) groups excluding carboxylic acids is 3. The van der Waals surface area contributed by atoms with E-state index in [9.17, 15) is 14.4 Å². The molecule has 10 heteroatoms. The highest BCUT2D eigenvalue weighted by atomic mass is 16.5. The number of aromatic nitrogens is 2. The van der Waals surface area contributed by atoms with E-state index in [0.29, 0.717) is 29.2 Å². The summed E-state index contributed by atoms with van der Waals surface area (Å²) in [6.45, 7) is 12.3. The standard InChI is InChI=1S/C28H42N4O6/c1-9-38-25(33)13-14-29-27(34)20(15-17(2)3)30-28(35)21-16-22(32(31-21)19(6)18(4)5)26-23(36-7)11-10-12-24(26)37-8/h10-12,16-20H,9,13-15H2,1-8H3,(H,29,34)(H,30,35)/t19?,20-/m0/s1. The van der Waals surface area contributed by atoms with Gasteiger partial charge in [-0.25, -0.2) is 0 Å². The lowest BCUT2D eigenvalue weighted by molar-refractivity contribution is -0.143. The second-order valence-electron chi connectivity index (χ2n) is 9.88. The van der Waals surface area contributed by atoms with Crippen molar-refractivity contribution in [2.75, 3.05) is 27.4 Å². The van der Waals surface area contributed by atoms with Crippen molar-refractivity contribution >= 4 is 17.8 Å². The normalized spacial score (nSPS) is 12.7. The molecule has 1 unspecified atom stereocenters. The second kappa shape index (κ2) is 14.4. The van der Waals surface area contributed by atoms with Gasteiger partial charge in [0, 0.05) is 6.54 Å². The molecule has 0 saturated heterocycles. The van der Waals surface area contributed by atoms with Gasteiger partial charge in [-0.2, -0.15) is 5.10 Å². The van der Waals surface area contributed by atoms with Crippen LogP contribution < -0.4 is 20.1 Å². The smallest absolute Gasteiger partial charge is 0.307 e. The molecule has 210 valence electrons. The molecule has 1 aromatic carbocycles. The molecule has 10 nitrogen and oxygen atoms in total. The largest absolute Gasteiger partial charge is 0.496 e. The number of amides is 2. The Morgan fingerprint density at radius 1 is 1.03 bits per heavy atom. The van der Waals surface area contributed by atoms with Crippen molar-refractivity contribution in [1.82, 2.24) is 20.4 Å². The number of nitrogens with one attached hydrogen (secondary N) is 2. The minimum atomic E-state index is -0.790. The third kappa shape index (κ3) is 7.97. The summed E-state index contributed by atoms with van der Waals surface area (Å²) in [4.78, 5) is 37.9. The van der Waals surface area contributed by atoms with Crippen LogP contribution in [-0.4, -0.2) is 61.0 Å². The van der Waals surface area contributed by atoms with Crippen LogP contribution in [0.2, 0.25) is 0 Å². The molecular formula is C28H42N4O6. The van der Waals surface area contributed by atoms with E-state index in [4.69, 9.17) is 14.2 Å². The first-order valence-corrected chi connectivity index (χ1v) is 13.1. The Bertz CT molecular complexity index is 1070. The van der Waals surface area contributed by atoms with Crippen LogP contribution in [0.1, 0.15) is 70.9 Å². The first-order valence-electron chi connectivity index (χ1n) is 13.1. The average molecular weight is 531 g/mol. The molecule has 38 heavy (non-hydrogen) atoms. The van der Waals surface area contributed by atoms with Gasteiger partial charge in [-0.1, -0.05) is 33.8 Å². The summed E-state index contributed by atoms with van der Waals surface area (Å²) < 4.78 is 17.9. The van der Waals surface area contributed by atoms with Gasteiger partial charge >= 0.3 is 5.97 Å². The zero-order valence-corrected chi connectivity index (χ0v) is 23.8. The molecule has 2 N–H and O–H groups in total. The molecule has 0 bridgehead atoms. The number of hydrogen-bond acceptors (Lipinski definition) is 7. The van der Waals surface area contributed by atoms with E-state index in [1.807, 2.05) is 39.0 Å². The van der Waals surface area contributed by atoms with E-state index < -0.39 is 11.9 Å². The van der Waals surface area contributed by atoms with Crippen LogP contribution in [0, 0.1) is 11.8 Å². The highest BCUT2D eigenvalue weighted by Gasteiger charge is 2.28. The van der Waals surface area contributed by atoms with Crippen molar-refractivity contribution in [3.63, 3.8) is 0 Å². The molecular weight excluding hydrogens is 488 g/mol. The number of rotatable bonds is 14. The zero-order chi connectivity index (χ0) is 28.4. The molecule has 1 aromatic heterocycles. The van der Waals surface area contributed by atoms with Crippen LogP contribution in [-0.2, 0) is 14.3 Å². The number of methoxy groups -OCH3 is 2. The molecule has 2 aromatic rings. The van der Waals surface area contributed by atoms with E-state index in [2.05, 4.69) is 29.6 Å². The molecule has 0 saturated carbocycles. The molecule has 1 heterocycles. The summed E-state index contributed by atoms with van der Waals surface area (Å²) in [5.41, 5.74) is 1.53. The van der Waals surface area contributed by atoms with Crippen molar-refractivity contribution < 1.29 is 28.6 Å². The second-order valence-corrected chi connectivity index (χ2v) is 9.88. The summed E-state index contributed by atoms with van der Waals surface area (Å²) in [6.07, 6.45) is 0.483. The zero-order valence-electron chi connectivity index (χ0n) is 23.8. The molecule has 2 atom stereocenters. The number of esters is 1. The van der Waals surface area contributed by atoms with E-state index in [1.54, 1.807) is 31.9 Å². The number of carbonyl (C=O) groups is 3. The fraction of sp³-hybridized carbons (Fsp3) is 0.571. The minimum Gasteiger partial charge on any atom is -0.496 e. The SMILES string of the molecule is CCOC(=O)CCNC(=O)[C@H](CC(C)C)NC(=O)c1cc(-c2c(OC)cccc2OC)n(C(C)C(C)C)n1. The quantitative estimate of drug-likeness (QED) is 0.354. The summed E-state index contributed by atoms with van der Waals surface area (Å²) in [5, 5.41) is 10.2. The third-order valence-corrected chi connectivity index (χ3v) is 6.27. The Labute approximate surface area is 225 Å². The summed E-state index contributed by atoms with van der Waals surface area (Å²) in [5.74, 6) is 0.326. The maximum Gasteiger partial charge on any atom is 0.307 e. The van der Waals surface area contributed by atoms with Crippen molar-refractivity contribution in [2.24, 2.45) is 11.8 Å². The van der Waals surface area contributed by atoms with Crippen molar-refractivity contribution in [3.05, 3.63) is 30.0 Å². The maximum atomic E-state index is 13.4. The maximum absolute atomic E-state index is 13.4. The molecule has 0 radical (unpaired) electrons. The van der Waals surface area contributed by atoms with Crippen molar-refractivity contribution in [1.29, 1.82) is 0 Å². The lowest BCUT2D eigenvalue weighted by atomic mass is 10.0. The van der Waals surface area contributed by atoms with Crippen LogP contribution in [0.5, 0.6) is 11.5 Å². The van der Waals surface area contributed by atoms with Gasteiger partial charge in [0.05, 0.1) is 44.5 Å². The molecule has 2 amide bonds. The van der Waals surface area contributed by atoms with Gasteiger partial charge in [-0.05, 0) is 50.3 Å². The highest BCUT2D eigenvalue weighted by Crippen LogP contribution is 2.40. The monoisotopic (exact) mass is 530 g/mol. The first kappa shape index (κ1) is 30.7. The fourth-order valence-corrected chi connectivity index (χ4v) is 3.97. The Kier molecular flexibility index (Phi) is 11.6. The summed E-state index contributed by atoms with van der Waals surface area (Å²) >= 11 is 0. The summed E-state index contributed by atoms with van der Waals surface area (Å²) in [6, 6.07) is 6.35. The Morgan fingerprint density at radius 3 is 2.18 bits per heavy atom. The number of ether oxygens (including phenoxy) is 3. The van der Waals surface area contributed by atoms with Crippen molar-refractivity contribution in [2.45, 2.75) is 66.5 Å². The van der Waals surface area contributed by atoms with Gasteiger partial charge in [-0.15, -0.1) is 0 Å². The Balaban J connectivity index is 2.38. The molecule has 0 aliphatic heterocycles. The van der Waals surface area contributed by atoms with Crippen LogP contribution >= 0.6 is 0 Å².